The number of nitriles is 1. The van der Waals surface area contributed by atoms with E-state index in [0.717, 1.165) is 30.0 Å². The molecule has 0 bridgehead atoms. The zero-order valence-corrected chi connectivity index (χ0v) is 25.3. The number of amides is 1. The van der Waals surface area contributed by atoms with Crippen molar-refractivity contribution in [3.05, 3.63) is 54.5 Å². The van der Waals surface area contributed by atoms with Gasteiger partial charge in [-0.25, -0.2) is 14.5 Å². The van der Waals surface area contributed by atoms with E-state index < -0.39 is 8.07 Å². The Bertz CT molecular complexity index is 1820. The van der Waals surface area contributed by atoms with Crippen LogP contribution in [0.15, 0.2) is 59.1 Å². The lowest BCUT2D eigenvalue weighted by atomic mass is 10.1. The van der Waals surface area contributed by atoms with Gasteiger partial charge in [0.05, 0.1) is 6.20 Å². The molecule has 0 aliphatic heterocycles. The van der Waals surface area contributed by atoms with Crippen LogP contribution in [0.1, 0.15) is 18.4 Å². The van der Waals surface area contributed by atoms with Gasteiger partial charge in [-0.05, 0) is 61.0 Å². The van der Waals surface area contributed by atoms with Crippen molar-refractivity contribution in [1.29, 1.82) is 5.26 Å². The Kier molecular flexibility index (Phi) is 7.63. The summed E-state index contributed by atoms with van der Waals surface area (Å²) in [7, 11) is -1.19. The normalized spacial score (nSPS) is 13.4. The van der Waals surface area contributed by atoms with E-state index >= 15 is 0 Å². The number of pyridine rings is 2. The molecule has 0 unspecified atom stereocenters. The van der Waals surface area contributed by atoms with Crippen molar-refractivity contribution in [2.24, 2.45) is 5.92 Å². The minimum absolute atomic E-state index is 0.000132. The van der Waals surface area contributed by atoms with Gasteiger partial charge in [0.2, 0.25) is 16.9 Å². The Morgan fingerprint density at radius 3 is 2.76 bits per heavy atom. The summed E-state index contributed by atoms with van der Waals surface area (Å²) in [5, 5.41) is 27.1. The van der Waals surface area contributed by atoms with Gasteiger partial charge in [-0.2, -0.15) is 10.4 Å². The van der Waals surface area contributed by atoms with Crippen molar-refractivity contribution < 1.29 is 14.3 Å². The number of hydrogen-bond acceptors (Lipinski definition) is 10. The Hall–Kier alpha value is -4.32. The molecule has 214 valence electrons. The van der Waals surface area contributed by atoms with E-state index in [-0.39, 0.29) is 24.5 Å². The average molecular weight is 600 g/mol. The SMILES string of the molecule is C[Si](C)(C)CCOCOc1ncc(-c2ccc3nnc(Sc4ccc5nc(NC(=O)C6CC6)cn5n4)n3c2)cc1C#N. The van der Waals surface area contributed by atoms with Crippen LogP contribution in [0.2, 0.25) is 25.7 Å². The van der Waals surface area contributed by atoms with Crippen LogP contribution in [0.4, 0.5) is 5.82 Å². The van der Waals surface area contributed by atoms with Crippen molar-refractivity contribution >= 4 is 42.9 Å². The minimum atomic E-state index is -1.19. The summed E-state index contributed by atoms with van der Waals surface area (Å²) in [6.45, 7) is 7.54. The molecule has 1 fully saturated rings. The topological polar surface area (TPSA) is 145 Å². The number of carbonyl (C=O) groups is 1. The molecule has 5 aromatic rings. The van der Waals surface area contributed by atoms with Crippen molar-refractivity contribution in [1.82, 2.24) is 34.2 Å². The number of anilines is 1. The maximum atomic E-state index is 12.1. The number of nitrogens with zero attached hydrogens (tertiary/aromatic N) is 8. The molecule has 1 N–H and O–H groups in total. The predicted molar refractivity (Wildman–Crippen MR) is 159 cm³/mol. The first-order chi connectivity index (χ1) is 20.3. The highest BCUT2D eigenvalue weighted by Crippen LogP contribution is 2.31. The molecule has 6 rings (SSSR count). The molecule has 1 saturated carbocycles. The maximum absolute atomic E-state index is 12.1. The van der Waals surface area contributed by atoms with Gasteiger partial charge >= 0.3 is 0 Å². The van der Waals surface area contributed by atoms with E-state index in [1.807, 2.05) is 34.9 Å². The summed E-state index contributed by atoms with van der Waals surface area (Å²) in [5.74, 6) is 0.819. The van der Waals surface area contributed by atoms with Crippen LogP contribution in [-0.4, -0.2) is 61.6 Å². The first kappa shape index (κ1) is 27.8. The molecule has 42 heavy (non-hydrogen) atoms. The molecule has 5 heterocycles. The highest BCUT2D eigenvalue weighted by Gasteiger charge is 2.30. The molecular weight excluding hydrogens is 571 g/mol. The van der Waals surface area contributed by atoms with Crippen LogP contribution in [-0.2, 0) is 9.53 Å². The average Bonchev–Trinajstić information content (AvgIpc) is 3.64. The fourth-order valence-electron chi connectivity index (χ4n) is 4.10. The first-order valence-corrected chi connectivity index (χ1v) is 18.1. The Morgan fingerprint density at radius 2 is 1.98 bits per heavy atom. The summed E-state index contributed by atoms with van der Waals surface area (Å²) in [6.07, 6.45) is 7.13. The van der Waals surface area contributed by atoms with Crippen LogP contribution < -0.4 is 10.1 Å². The van der Waals surface area contributed by atoms with Gasteiger partial charge in [0.25, 0.3) is 0 Å². The second-order valence-corrected chi connectivity index (χ2v) is 17.9. The Morgan fingerprint density at radius 1 is 1.14 bits per heavy atom. The summed E-state index contributed by atoms with van der Waals surface area (Å²) in [6, 6.07) is 12.4. The number of carbonyl (C=O) groups excluding carboxylic acids is 1. The maximum Gasteiger partial charge on any atom is 0.233 e. The van der Waals surface area contributed by atoms with Gasteiger partial charge < -0.3 is 14.8 Å². The van der Waals surface area contributed by atoms with E-state index in [2.05, 4.69) is 56.3 Å². The highest BCUT2D eigenvalue weighted by molar-refractivity contribution is 7.99. The summed E-state index contributed by atoms with van der Waals surface area (Å²) < 4.78 is 14.7. The third-order valence-electron chi connectivity index (χ3n) is 6.64. The fraction of sp³-hybridized carbons (Fsp3) is 0.321. The summed E-state index contributed by atoms with van der Waals surface area (Å²) >= 11 is 1.35. The van der Waals surface area contributed by atoms with E-state index in [0.29, 0.717) is 39.5 Å². The second kappa shape index (κ2) is 11.5. The number of aromatic nitrogens is 7. The molecule has 0 radical (unpaired) electrons. The standard InChI is InChI=1S/C28H29N9O3SSi/c1-42(2,3)11-10-39-17-40-27-20(13-29)12-21(14-30-27)19-6-7-24-33-34-28(36(24)15-19)41-25-9-8-23-31-22(16-37(23)35-25)32-26(38)18-4-5-18/h6-9,12,14-16,18H,4-5,10-11,17H2,1-3H3,(H,32,38). The third kappa shape index (κ3) is 6.43. The van der Waals surface area contributed by atoms with E-state index in [1.54, 1.807) is 23.0 Å². The van der Waals surface area contributed by atoms with Gasteiger partial charge in [-0.1, -0.05) is 19.6 Å². The van der Waals surface area contributed by atoms with Crippen molar-refractivity contribution in [2.75, 3.05) is 18.7 Å². The van der Waals surface area contributed by atoms with Crippen LogP contribution in [0.25, 0.3) is 22.4 Å². The quantitative estimate of drug-likeness (QED) is 0.126. The van der Waals surface area contributed by atoms with Crippen molar-refractivity contribution in [2.45, 2.75) is 48.7 Å². The number of ether oxygens (including phenoxy) is 2. The number of imidazole rings is 1. The van der Waals surface area contributed by atoms with Gasteiger partial charge in [-0.3, -0.25) is 9.20 Å². The van der Waals surface area contributed by atoms with Gasteiger partial charge in [0.1, 0.15) is 16.7 Å². The molecule has 12 nitrogen and oxygen atoms in total. The highest BCUT2D eigenvalue weighted by atomic mass is 32.2. The minimum Gasteiger partial charge on any atom is -0.450 e. The molecule has 14 heteroatoms. The second-order valence-electron chi connectivity index (χ2n) is 11.3. The zero-order valence-electron chi connectivity index (χ0n) is 23.4. The number of nitrogens with one attached hydrogen (secondary N) is 1. The molecular formula is C28H29N9O3SSi. The van der Waals surface area contributed by atoms with Crippen molar-refractivity contribution in [3.63, 3.8) is 0 Å². The molecule has 0 aromatic carbocycles. The Balaban J connectivity index is 1.17. The monoisotopic (exact) mass is 599 g/mol. The molecule has 0 atom stereocenters. The predicted octanol–water partition coefficient (Wildman–Crippen LogP) is 4.90. The number of hydrogen-bond donors (Lipinski definition) is 1. The molecule has 5 aromatic heterocycles. The molecule has 1 aliphatic rings. The fourth-order valence-corrected chi connectivity index (χ4v) is 5.63. The van der Waals surface area contributed by atoms with Crippen LogP contribution in [0.5, 0.6) is 5.88 Å². The van der Waals surface area contributed by atoms with Crippen LogP contribution in [0, 0.1) is 17.2 Å². The van der Waals surface area contributed by atoms with Gasteiger partial charge in [0, 0.05) is 44.1 Å². The van der Waals surface area contributed by atoms with Crippen molar-refractivity contribution in [3.8, 4) is 23.1 Å². The number of fused-ring (bicyclic) bond motifs is 2. The van der Waals surface area contributed by atoms with Crippen LogP contribution in [0.3, 0.4) is 0 Å². The van der Waals surface area contributed by atoms with Gasteiger partial charge in [-0.15, -0.1) is 10.2 Å². The largest absolute Gasteiger partial charge is 0.450 e. The first-order valence-electron chi connectivity index (χ1n) is 13.6. The molecule has 0 spiro atoms. The molecule has 1 aliphatic carbocycles. The molecule has 0 saturated heterocycles. The zero-order chi connectivity index (χ0) is 29.3. The smallest absolute Gasteiger partial charge is 0.233 e. The number of rotatable bonds is 11. The third-order valence-corrected chi connectivity index (χ3v) is 9.23. The lowest BCUT2D eigenvalue weighted by molar-refractivity contribution is -0.117. The van der Waals surface area contributed by atoms with Gasteiger partial charge in [0.15, 0.2) is 23.9 Å². The van der Waals surface area contributed by atoms with Crippen LogP contribution >= 0.6 is 11.8 Å². The lowest BCUT2D eigenvalue weighted by Gasteiger charge is -2.15. The van der Waals surface area contributed by atoms with E-state index in [9.17, 15) is 10.1 Å². The van der Waals surface area contributed by atoms with E-state index in [1.165, 1.54) is 11.8 Å². The molecule has 1 amide bonds. The summed E-state index contributed by atoms with van der Waals surface area (Å²) in [4.78, 5) is 20.9. The van der Waals surface area contributed by atoms with E-state index in [4.69, 9.17) is 9.47 Å². The summed E-state index contributed by atoms with van der Waals surface area (Å²) in [5.41, 5.74) is 3.21. The lowest BCUT2D eigenvalue weighted by Crippen LogP contribution is -2.22. The Labute approximate surface area is 247 Å².